The van der Waals surface area contributed by atoms with Crippen molar-refractivity contribution in [3.63, 3.8) is 0 Å². The number of aliphatic hydroxyl groups excluding tert-OH is 1. The van der Waals surface area contributed by atoms with Crippen LogP contribution < -0.4 is 0 Å². The van der Waals surface area contributed by atoms with Gasteiger partial charge in [0.05, 0.1) is 23.0 Å². The van der Waals surface area contributed by atoms with E-state index in [0.717, 1.165) is 72.2 Å². The van der Waals surface area contributed by atoms with Crippen LogP contribution in [0.2, 0.25) is 0 Å². The smallest absolute Gasteiger partial charge is 0.388 e. The van der Waals surface area contributed by atoms with Crippen molar-refractivity contribution in [1.82, 2.24) is 4.98 Å². The molecule has 1 saturated carbocycles. The number of aliphatic hydroxyl groups is 1. The summed E-state index contributed by atoms with van der Waals surface area (Å²) in [5.41, 5.74) is 5.11. The molecular weight excluding hydrogens is 427 g/mol. The zero-order chi connectivity index (χ0) is 23.3. The van der Waals surface area contributed by atoms with E-state index in [1.54, 1.807) is 6.07 Å². The molecule has 3 aliphatic carbocycles. The summed E-state index contributed by atoms with van der Waals surface area (Å²) in [6.07, 6.45) is 1.05. The van der Waals surface area contributed by atoms with Crippen molar-refractivity contribution in [3.05, 3.63) is 63.0 Å². The first-order valence-corrected chi connectivity index (χ1v) is 12.1. The van der Waals surface area contributed by atoms with Crippen molar-refractivity contribution in [2.24, 2.45) is 5.41 Å². The number of pyridine rings is 1. The van der Waals surface area contributed by atoms with Crippen molar-refractivity contribution in [2.45, 2.75) is 95.6 Å². The van der Waals surface area contributed by atoms with Crippen molar-refractivity contribution in [3.8, 4) is 0 Å². The van der Waals surface area contributed by atoms with E-state index < -0.39 is 29.5 Å². The van der Waals surface area contributed by atoms with Crippen LogP contribution in [0.3, 0.4) is 0 Å². The van der Waals surface area contributed by atoms with Crippen LogP contribution in [-0.2, 0) is 22.9 Å². The first-order valence-electron chi connectivity index (χ1n) is 12.1. The summed E-state index contributed by atoms with van der Waals surface area (Å²) in [7, 11) is 0. The molecule has 2 heterocycles. The molecule has 3 atom stereocenters. The molecule has 1 aliphatic heterocycles. The number of aromatic nitrogens is 1. The number of alkyl halides is 3. The third-order valence-corrected chi connectivity index (χ3v) is 8.40. The van der Waals surface area contributed by atoms with E-state index in [4.69, 9.17) is 9.72 Å². The van der Waals surface area contributed by atoms with Crippen LogP contribution in [0.1, 0.15) is 122 Å². The van der Waals surface area contributed by atoms with Crippen molar-refractivity contribution >= 4 is 0 Å². The van der Waals surface area contributed by atoms with E-state index in [2.05, 4.69) is 13.8 Å². The van der Waals surface area contributed by atoms with Crippen LogP contribution >= 0.6 is 0 Å². The van der Waals surface area contributed by atoms with E-state index >= 15 is 0 Å². The molecule has 1 N–H and O–H groups in total. The molecule has 33 heavy (non-hydrogen) atoms. The highest BCUT2D eigenvalue weighted by molar-refractivity contribution is 5.60. The fourth-order valence-electron chi connectivity index (χ4n) is 6.98. The monoisotopic (exact) mass is 457 g/mol. The molecule has 0 radical (unpaired) electrons. The van der Waals surface area contributed by atoms with Gasteiger partial charge in [-0.3, -0.25) is 4.98 Å². The maximum atomic E-state index is 13.5. The third kappa shape index (κ3) is 3.06. The van der Waals surface area contributed by atoms with Crippen LogP contribution in [0.15, 0.2) is 18.2 Å². The summed E-state index contributed by atoms with van der Waals surface area (Å²) in [6.45, 7) is 6.24. The molecular formula is C27H30F3NO2. The highest BCUT2D eigenvalue weighted by Crippen LogP contribution is 2.61. The Morgan fingerprint density at radius 3 is 2.48 bits per heavy atom. The summed E-state index contributed by atoms with van der Waals surface area (Å²) in [6, 6.07) is 4.07. The molecule has 176 valence electrons. The van der Waals surface area contributed by atoms with Gasteiger partial charge >= 0.3 is 6.18 Å². The van der Waals surface area contributed by atoms with Crippen LogP contribution in [0.25, 0.3) is 0 Å². The minimum atomic E-state index is -4.39. The Morgan fingerprint density at radius 2 is 1.79 bits per heavy atom. The molecule has 1 spiro atoms. The molecule has 6 heteroatoms. The minimum absolute atomic E-state index is 0.0851. The Hall–Kier alpha value is -1.92. The van der Waals surface area contributed by atoms with Gasteiger partial charge in [0.1, 0.15) is 6.10 Å². The van der Waals surface area contributed by atoms with Gasteiger partial charge in [0.2, 0.25) is 0 Å². The van der Waals surface area contributed by atoms with Crippen molar-refractivity contribution in [1.29, 1.82) is 0 Å². The SMILES string of the molecule is CC1c2cc(C(F)(F)F)ccc2C2OC3(CCCCC3)c3c4c(nc1c32)CC(C)(C)CC4O. The average Bonchev–Trinajstić information content (AvgIpc) is 3.05. The van der Waals surface area contributed by atoms with Crippen molar-refractivity contribution in [2.75, 3.05) is 0 Å². The van der Waals surface area contributed by atoms with Crippen LogP contribution in [-0.4, -0.2) is 10.1 Å². The first-order chi connectivity index (χ1) is 15.5. The first kappa shape index (κ1) is 21.6. The quantitative estimate of drug-likeness (QED) is 0.470. The van der Waals surface area contributed by atoms with Gasteiger partial charge in [-0.2, -0.15) is 13.2 Å². The number of rotatable bonds is 0. The number of benzene rings is 1. The second-order valence-corrected chi connectivity index (χ2v) is 11.3. The van der Waals surface area contributed by atoms with E-state index in [-0.39, 0.29) is 11.3 Å². The number of hydrogen-bond acceptors (Lipinski definition) is 3. The van der Waals surface area contributed by atoms with Gasteiger partial charge in [0.15, 0.2) is 0 Å². The van der Waals surface area contributed by atoms with E-state index in [1.165, 1.54) is 12.1 Å². The minimum Gasteiger partial charge on any atom is -0.388 e. The van der Waals surface area contributed by atoms with Gasteiger partial charge in [-0.15, -0.1) is 0 Å². The Balaban J connectivity index is 1.62. The maximum Gasteiger partial charge on any atom is 0.416 e. The Kier molecular flexibility index (Phi) is 4.46. The molecule has 1 aromatic heterocycles. The molecule has 2 aromatic rings. The molecule has 0 bridgehead atoms. The Morgan fingerprint density at radius 1 is 1.06 bits per heavy atom. The van der Waals surface area contributed by atoms with Crippen LogP contribution in [0.5, 0.6) is 0 Å². The average molecular weight is 458 g/mol. The van der Waals surface area contributed by atoms with Crippen LogP contribution in [0, 0.1) is 5.41 Å². The Labute approximate surface area is 192 Å². The number of hydrogen-bond donors (Lipinski definition) is 1. The molecule has 1 fully saturated rings. The highest BCUT2D eigenvalue weighted by atomic mass is 19.4. The molecule has 0 amide bonds. The fraction of sp³-hybridized carbons (Fsp3) is 0.593. The van der Waals surface area contributed by atoms with E-state index in [0.29, 0.717) is 12.0 Å². The largest absolute Gasteiger partial charge is 0.416 e. The second-order valence-electron chi connectivity index (χ2n) is 11.3. The lowest BCUT2D eigenvalue weighted by Gasteiger charge is -2.40. The predicted molar refractivity (Wildman–Crippen MR) is 118 cm³/mol. The number of ether oxygens (including phenoxy) is 1. The van der Waals surface area contributed by atoms with Crippen molar-refractivity contribution < 1.29 is 23.0 Å². The van der Waals surface area contributed by atoms with Gasteiger partial charge in [0.25, 0.3) is 0 Å². The van der Waals surface area contributed by atoms with Crippen LogP contribution in [0.4, 0.5) is 13.2 Å². The molecule has 6 rings (SSSR count). The summed E-state index contributed by atoms with van der Waals surface area (Å²) < 4.78 is 47.5. The van der Waals surface area contributed by atoms with Gasteiger partial charge < -0.3 is 9.84 Å². The van der Waals surface area contributed by atoms with Gasteiger partial charge in [-0.1, -0.05) is 46.1 Å². The third-order valence-electron chi connectivity index (χ3n) is 8.40. The molecule has 0 saturated heterocycles. The lowest BCUT2D eigenvalue weighted by atomic mass is 9.67. The number of halogens is 3. The number of nitrogens with zero attached hydrogens (tertiary/aromatic N) is 1. The van der Waals surface area contributed by atoms with E-state index in [1.807, 2.05) is 6.92 Å². The summed E-state index contributed by atoms with van der Waals surface area (Å²) in [5.74, 6) is -0.262. The van der Waals surface area contributed by atoms with Gasteiger partial charge in [-0.05, 0) is 59.9 Å². The van der Waals surface area contributed by atoms with E-state index in [9.17, 15) is 18.3 Å². The highest BCUT2D eigenvalue weighted by Gasteiger charge is 2.54. The van der Waals surface area contributed by atoms with Gasteiger partial charge in [0, 0.05) is 22.7 Å². The molecule has 4 aliphatic rings. The topological polar surface area (TPSA) is 42.4 Å². The lowest BCUT2D eigenvalue weighted by molar-refractivity contribution is -0.137. The molecule has 1 aromatic carbocycles. The lowest BCUT2D eigenvalue weighted by Crippen LogP contribution is -2.34. The summed E-state index contributed by atoms with van der Waals surface area (Å²) >= 11 is 0. The zero-order valence-electron chi connectivity index (χ0n) is 19.4. The maximum absolute atomic E-state index is 13.5. The summed E-state index contributed by atoms with van der Waals surface area (Å²) in [4.78, 5) is 5.08. The normalized spacial score (nSPS) is 28.9. The predicted octanol–water partition coefficient (Wildman–Crippen LogP) is 6.85. The van der Waals surface area contributed by atoms with Gasteiger partial charge in [-0.25, -0.2) is 0 Å². The molecule has 3 nitrogen and oxygen atoms in total. The zero-order valence-corrected chi connectivity index (χ0v) is 19.4. The summed E-state index contributed by atoms with van der Waals surface area (Å²) in [5, 5.41) is 11.3. The fourth-order valence-corrected chi connectivity index (χ4v) is 6.98. The molecule has 3 unspecified atom stereocenters. The standard InChI is InChI=1S/C27H30F3NO2/c1-14-17-11-15(27(28,29)30)7-8-16(17)24-21-22(26(33-24)9-5-4-6-10-26)20-18(31-23(14)21)12-25(2,3)13-19(20)32/h7-8,11,14,19,24,32H,4-6,9-10,12-13H2,1-3H3. The second kappa shape index (κ2) is 6.82. The number of fused-ring (bicyclic) bond motifs is 5. The Bertz CT molecular complexity index is 1150.